The minimum Gasteiger partial charge on any atom is -0.351 e. The SMILES string of the molecule is O=C(CNC(=O)c1c(F)cccc1F)NCC1=CCC=C1. The third-order valence-electron chi connectivity index (χ3n) is 2.94. The van der Waals surface area contributed by atoms with Gasteiger partial charge in [0.1, 0.15) is 17.2 Å². The van der Waals surface area contributed by atoms with Gasteiger partial charge in [-0.1, -0.05) is 24.3 Å². The molecule has 1 aromatic rings. The number of allylic oxidation sites excluding steroid dienone is 2. The monoisotopic (exact) mass is 292 g/mol. The van der Waals surface area contributed by atoms with Gasteiger partial charge in [0.15, 0.2) is 0 Å². The molecule has 0 saturated carbocycles. The van der Waals surface area contributed by atoms with Crippen LogP contribution < -0.4 is 10.6 Å². The summed E-state index contributed by atoms with van der Waals surface area (Å²) in [4.78, 5) is 23.2. The first kappa shape index (κ1) is 14.9. The molecule has 0 bridgehead atoms. The van der Waals surface area contributed by atoms with Gasteiger partial charge in [0, 0.05) is 6.54 Å². The number of hydrogen-bond donors (Lipinski definition) is 2. The van der Waals surface area contributed by atoms with E-state index in [9.17, 15) is 18.4 Å². The van der Waals surface area contributed by atoms with Gasteiger partial charge in [0.05, 0.1) is 6.54 Å². The zero-order valence-electron chi connectivity index (χ0n) is 11.2. The summed E-state index contributed by atoms with van der Waals surface area (Å²) in [5.41, 5.74) is 0.293. The van der Waals surface area contributed by atoms with Gasteiger partial charge in [-0.2, -0.15) is 0 Å². The van der Waals surface area contributed by atoms with Crippen LogP contribution in [0.1, 0.15) is 16.8 Å². The molecule has 0 spiro atoms. The quantitative estimate of drug-likeness (QED) is 0.868. The highest BCUT2D eigenvalue weighted by Gasteiger charge is 2.17. The largest absolute Gasteiger partial charge is 0.351 e. The number of benzene rings is 1. The molecule has 21 heavy (non-hydrogen) atoms. The van der Waals surface area contributed by atoms with Crippen LogP contribution in [0.25, 0.3) is 0 Å². The van der Waals surface area contributed by atoms with Gasteiger partial charge in [-0.3, -0.25) is 9.59 Å². The Morgan fingerprint density at radius 1 is 1.14 bits per heavy atom. The summed E-state index contributed by atoms with van der Waals surface area (Å²) in [6, 6.07) is 3.13. The summed E-state index contributed by atoms with van der Waals surface area (Å²) < 4.78 is 26.7. The van der Waals surface area contributed by atoms with E-state index >= 15 is 0 Å². The van der Waals surface area contributed by atoms with Crippen LogP contribution in [0.2, 0.25) is 0 Å². The Morgan fingerprint density at radius 3 is 2.48 bits per heavy atom. The number of hydrogen-bond acceptors (Lipinski definition) is 2. The van der Waals surface area contributed by atoms with E-state index in [1.54, 1.807) is 0 Å². The van der Waals surface area contributed by atoms with Crippen LogP contribution in [0.5, 0.6) is 0 Å². The molecule has 0 aromatic heterocycles. The van der Waals surface area contributed by atoms with Gasteiger partial charge in [0.25, 0.3) is 5.91 Å². The Kier molecular flexibility index (Phi) is 4.81. The van der Waals surface area contributed by atoms with Crippen LogP contribution in [-0.4, -0.2) is 24.9 Å². The molecule has 2 amide bonds. The number of nitrogens with one attached hydrogen (secondary N) is 2. The molecule has 0 unspecified atom stereocenters. The minimum absolute atomic E-state index is 0.344. The van der Waals surface area contributed by atoms with Crippen molar-refractivity contribution < 1.29 is 18.4 Å². The average Bonchev–Trinajstić information content (AvgIpc) is 2.96. The predicted octanol–water partition coefficient (Wildman–Crippen LogP) is 1.70. The van der Waals surface area contributed by atoms with E-state index in [4.69, 9.17) is 0 Å². The molecule has 0 fully saturated rings. The van der Waals surface area contributed by atoms with Crippen molar-refractivity contribution in [3.05, 3.63) is 59.2 Å². The molecule has 1 aliphatic carbocycles. The highest BCUT2D eigenvalue weighted by molar-refractivity contribution is 5.96. The number of halogens is 2. The van der Waals surface area contributed by atoms with Gasteiger partial charge < -0.3 is 10.6 Å². The van der Waals surface area contributed by atoms with E-state index < -0.39 is 29.0 Å². The van der Waals surface area contributed by atoms with Gasteiger partial charge in [0.2, 0.25) is 5.91 Å². The van der Waals surface area contributed by atoms with E-state index in [2.05, 4.69) is 10.6 Å². The lowest BCUT2D eigenvalue weighted by molar-refractivity contribution is -0.119. The van der Waals surface area contributed by atoms with Crippen molar-refractivity contribution in [1.29, 1.82) is 0 Å². The Labute approximate surface area is 120 Å². The maximum absolute atomic E-state index is 13.4. The van der Waals surface area contributed by atoms with Crippen molar-refractivity contribution in [1.82, 2.24) is 10.6 Å². The number of carbonyl (C=O) groups excluding carboxylic acids is 2. The highest BCUT2D eigenvalue weighted by Crippen LogP contribution is 2.11. The molecule has 2 N–H and O–H groups in total. The summed E-state index contributed by atoms with van der Waals surface area (Å²) in [5, 5.41) is 4.79. The minimum atomic E-state index is -0.964. The van der Waals surface area contributed by atoms with Crippen LogP contribution in [0.3, 0.4) is 0 Å². The fourth-order valence-corrected chi connectivity index (χ4v) is 1.86. The molecule has 110 valence electrons. The maximum Gasteiger partial charge on any atom is 0.257 e. The maximum atomic E-state index is 13.4. The molecular formula is C15H14F2N2O2. The van der Waals surface area contributed by atoms with Gasteiger partial charge >= 0.3 is 0 Å². The number of rotatable bonds is 5. The lowest BCUT2D eigenvalue weighted by atomic mass is 10.2. The van der Waals surface area contributed by atoms with Crippen molar-refractivity contribution in [2.24, 2.45) is 0 Å². The lowest BCUT2D eigenvalue weighted by Gasteiger charge is -2.08. The van der Waals surface area contributed by atoms with Crippen molar-refractivity contribution in [2.75, 3.05) is 13.1 Å². The topological polar surface area (TPSA) is 58.2 Å². The molecule has 0 heterocycles. The Balaban J connectivity index is 1.83. The molecule has 4 nitrogen and oxygen atoms in total. The van der Waals surface area contributed by atoms with E-state index in [-0.39, 0.29) is 6.54 Å². The second-order valence-corrected chi connectivity index (χ2v) is 4.47. The molecule has 1 aliphatic rings. The lowest BCUT2D eigenvalue weighted by Crippen LogP contribution is -2.38. The summed E-state index contributed by atoms with van der Waals surface area (Å²) in [5.74, 6) is -3.31. The Bertz CT molecular complexity index is 604. The van der Waals surface area contributed by atoms with E-state index in [0.717, 1.165) is 30.2 Å². The molecule has 6 heteroatoms. The van der Waals surface area contributed by atoms with Crippen LogP contribution in [0.15, 0.2) is 42.0 Å². The normalized spacial score (nSPS) is 13.0. The van der Waals surface area contributed by atoms with E-state index in [1.165, 1.54) is 0 Å². The third kappa shape index (κ3) is 3.98. The van der Waals surface area contributed by atoms with Crippen LogP contribution >= 0.6 is 0 Å². The van der Waals surface area contributed by atoms with Gasteiger partial charge in [-0.25, -0.2) is 8.78 Å². The van der Waals surface area contributed by atoms with Crippen molar-refractivity contribution in [2.45, 2.75) is 6.42 Å². The second kappa shape index (κ2) is 6.78. The van der Waals surface area contributed by atoms with Crippen molar-refractivity contribution in [3.63, 3.8) is 0 Å². The standard InChI is InChI=1S/C15H14F2N2O2/c16-11-6-3-7-12(17)14(11)15(21)19-9-13(20)18-8-10-4-1-2-5-10/h1,3-7H,2,8-9H2,(H,18,20)(H,19,21). The van der Waals surface area contributed by atoms with Crippen molar-refractivity contribution in [3.8, 4) is 0 Å². The highest BCUT2D eigenvalue weighted by atomic mass is 19.1. The summed E-state index contributed by atoms with van der Waals surface area (Å²) in [6.45, 7) is 0.0167. The number of amides is 2. The Hall–Kier alpha value is -2.50. The summed E-state index contributed by atoms with van der Waals surface area (Å²) >= 11 is 0. The zero-order valence-corrected chi connectivity index (χ0v) is 11.2. The fraction of sp³-hybridized carbons (Fsp3) is 0.200. The molecule has 0 saturated heterocycles. The van der Waals surface area contributed by atoms with Gasteiger partial charge in [-0.05, 0) is 24.1 Å². The first-order valence-electron chi connectivity index (χ1n) is 6.42. The smallest absolute Gasteiger partial charge is 0.257 e. The molecule has 0 radical (unpaired) electrons. The van der Waals surface area contributed by atoms with E-state index in [1.807, 2.05) is 18.2 Å². The molecule has 0 atom stereocenters. The summed E-state index contributed by atoms with van der Waals surface area (Å²) in [7, 11) is 0. The van der Waals surface area contributed by atoms with Crippen LogP contribution in [-0.2, 0) is 4.79 Å². The first-order valence-corrected chi connectivity index (χ1v) is 6.42. The van der Waals surface area contributed by atoms with Crippen LogP contribution in [0, 0.1) is 11.6 Å². The van der Waals surface area contributed by atoms with Crippen LogP contribution in [0.4, 0.5) is 8.78 Å². The second-order valence-electron chi connectivity index (χ2n) is 4.47. The zero-order chi connectivity index (χ0) is 15.2. The third-order valence-corrected chi connectivity index (χ3v) is 2.94. The molecule has 1 aromatic carbocycles. The van der Waals surface area contributed by atoms with Gasteiger partial charge in [-0.15, -0.1) is 0 Å². The summed E-state index contributed by atoms with van der Waals surface area (Å²) in [6.07, 6.45) is 6.67. The number of carbonyl (C=O) groups is 2. The van der Waals surface area contributed by atoms with Crippen molar-refractivity contribution >= 4 is 11.8 Å². The average molecular weight is 292 g/mol. The predicted molar refractivity (Wildman–Crippen MR) is 73.5 cm³/mol. The first-order chi connectivity index (χ1) is 10.1. The fourth-order valence-electron chi connectivity index (χ4n) is 1.86. The molecular weight excluding hydrogens is 278 g/mol. The molecule has 0 aliphatic heterocycles. The molecule has 2 rings (SSSR count). The Morgan fingerprint density at radius 2 is 1.86 bits per heavy atom. The van der Waals surface area contributed by atoms with E-state index in [0.29, 0.717) is 6.54 Å².